The highest BCUT2D eigenvalue weighted by Gasteiger charge is 2.18. The van der Waals surface area contributed by atoms with Gasteiger partial charge in [0.25, 0.3) is 5.91 Å². The van der Waals surface area contributed by atoms with Gasteiger partial charge in [-0.1, -0.05) is 88.0 Å². The lowest BCUT2D eigenvalue weighted by atomic mass is 10.1. The Labute approximate surface area is 286 Å². The lowest BCUT2D eigenvalue weighted by molar-refractivity contribution is -0.121. The highest BCUT2D eigenvalue weighted by atomic mass is 33.1. The Bertz CT molecular complexity index is 1020. The summed E-state index contributed by atoms with van der Waals surface area (Å²) in [4.78, 5) is 24.5. The van der Waals surface area contributed by atoms with Crippen molar-refractivity contribution < 1.29 is 33.3 Å². The molecule has 0 saturated heterocycles. The fourth-order valence-corrected chi connectivity index (χ4v) is 5.82. The smallest absolute Gasteiger partial charge is 0.251 e. The number of carbonyl (C=O) groups excluding carboxylic acids is 2. The second-order valence-electron chi connectivity index (χ2n) is 12.4. The van der Waals surface area contributed by atoms with Gasteiger partial charge in [0.1, 0.15) is 24.4 Å². The van der Waals surface area contributed by atoms with E-state index in [0.717, 1.165) is 12.8 Å². The Kier molecular flexibility index (Phi) is 23.8. The van der Waals surface area contributed by atoms with Crippen molar-refractivity contribution in [2.24, 2.45) is 11.8 Å². The first-order chi connectivity index (χ1) is 22.0. The lowest BCUT2D eigenvalue weighted by Gasteiger charge is -2.22. The van der Waals surface area contributed by atoms with Gasteiger partial charge in [0.2, 0.25) is 5.91 Å². The molecule has 0 saturated carbocycles. The highest BCUT2D eigenvalue weighted by Crippen LogP contribution is 2.38. The number of nitrogens with one attached hydrogen (secondary N) is 2. The molecule has 1 rings (SSSR count). The van der Waals surface area contributed by atoms with Gasteiger partial charge in [-0.15, -0.1) is 0 Å². The van der Waals surface area contributed by atoms with E-state index >= 15 is 0 Å². The van der Waals surface area contributed by atoms with Gasteiger partial charge in [-0.2, -0.15) is 0 Å². The quantitative estimate of drug-likeness (QED) is 0.0528. The minimum atomic E-state index is -0.214. The molecule has 11 heteroatoms. The number of carbonyl (C=O) groups is 2. The molecule has 0 spiro atoms. The van der Waals surface area contributed by atoms with Gasteiger partial charge >= 0.3 is 0 Å². The number of rotatable bonds is 25. The van der Waals surface area contributed by atoms with Crippen LogP contribution in [0, 0.1) is 23.7 Å². The van der Waals surface area contributed by atoms with Crippen LogP contribution >= 0.6 is 21.6 Å². The van der Waals surface area contributed by atoms with E-state index in [4.69, 9.17) is 23.7 Å². The molecule has 0 heterocycles. The number of hydrogen-bond donors (Lipinski definition) is 2. The van der Waals surface area contributed by atoms with Crippen molar-refractivity contribution in [2.75, 3.05) is 65.9 Å². The lowest BCUT2D eigenvalue weighted by Crippen LogP contribution is -2.27. The predicted molar refractivity (Wildman–Crippen MR) is 190 cm³/mol. The van der Waals surface area contributed by atoms with Crippen LogP contribution in [0.2, 0.25) is 0 Å². The maximum absolute atomic E-state index is 12.6. The summed E-state index contributed by atoms with van der Waals surface area (Å²) < 4.78 is 28.8. The van der Waals surface area contributed by atoms with Crippen LogP contribution in [0.1, 0.15) is 84.5 Å². The molecule has 0 aromatic heterocycles. The molecule has 0 aliphatic rings. The Hall–Kier alpha value is -1.94. The van der Waals surface area contributed by atoms with E-state index in [1.54, 1.807) is 33.7 Å². The largest absolute Gasteiger partial charge is 0.490 e. The van der Waals surface area contributed by atoms with Crippen molar-refractivity contribution in [2.45, 2.75) is 84.3 Å². The van der Waals surface area contributed by atoms with Crippen LogP contribution in [0.5, 0.6) is 5.75 Å². The van der Waals surface area contributed by atoms with Gasteiger partial charge in [-0.3, -0.25) is 9.59 Å². The molecule has 262 valence electrons. The first kappa shape index (κ1) is 42.1. The van der Waals surface area contributed by atoms with Gasteiger partial charge in [0, 0.05) is 42.3 Å². The predicted octanol–water partition coefficient (Wildman–Crippen LogP) is 6.36. The molecule has 0 bridgehead atoms. The second kappa shape index (κ2) is 26.1. The molecule has 1 atom stereocenters. The third-order valence-corrected chi connectivity index (χ3v) is 9.38. The van der Waals surface area contributed by atoms with E-state index in [-0.39, 0.29) is 22.0 Å². The zero-order valence-corrected chi connectivity index (χ0v) is 30.7. The number of ether oxygens (including phenoxy) is 5. The average molecular weight is 683 g/mol. The highest BCUT2D eigenvalue weighted by molar-refractivity contribution is 8.77. The van der Waals surface area contributed by atoms with Gasteiger partial charge < -0.3 is 34.3 Å². The van der Waals surface area contributed by atoms with Crippen LogP contribution in [-0.2, 0) is 23.7 Å². The van der Waals surface area contributed by atoms with Gasteiger partial charge in [0.15, 0.2) is 0 Å². The molecule has 46 heavy (non-hydrogen) atoms. The molecule has 0 radical (unpaired) electrons. The molecular weight excluding hydrogens is 625 g/mol. The maximum atomic E-state index is 12.6. The van der Waals surface area contributed by atoms with Crippen molar-refractivity contribution in [3.05, 3.63) is 29.8 Å². The number of benzene rings is 1. The van der Waals surface area contributed by atoms with Crippen LogP contribution in [-0.4, -0.2) is 87.9 Å². The molecule has 0 aliphatic heterocycles. The van der Waals surface area contributed by atoms with E-state index in [2.05, 4.69) is 57.1 Å². The van der Waals surface area contributed by atoms with Crippen molar-refractivity contribution in [1.29, 1.82) is 0 Å². The summed E-state index contributed by atoms with van der Waals surface area (Å²) in [6, 6.07) is 7.25. The van der Waals surface area contributed by atoms with Crippen LogP contribution in [0.25, 0.3) is 0 Å². The summed E-state index contributed by atoms with van der Waals surface area (Å²) in [6.45, 7) is 19.5. The van der Waals surface area contributed by atoms with E-state index in [9.17, 15) is 9.59 Å². The summed E-state index contributed by atoms with van der Waals surface area (Å²) in [5.41, 5.74) is 0.369. The molecule has 9 nitrogen and oxygen atoms in total. The van der Waals surface area contributed by atoms with Crippen molar-refractivity contribution in [3.8, 4) is 17.6 Å². The van der Waals surface area contributed by atoms with E-state index in [0.29, 0.717) is 102 Å². The van der Waals surface area contributed by atoms with Gasteiger partial charge in [0.05, 0.1) is 33.0 Å². The third kappa shape index (κ3) is 25.2. The summed E-state index contributed by atoms with van der Waals surface area (Å²) in [5, 5.41) is 5.82. The van der Waals surface area contributed by atoms with Crippen LogP contribution in [0.15, 0.2) is 24.3 Å². The van der Waals surface area contributed by atoms with Crippen LogP contribution < -0.4 is 15.4 Å². The van der Waals surface area contributed by atoms with E-state index in [1.807, 2.05) is 26.0 Å². The SMILES string of the molecule is CC(C)C#CCOCCNC(=O)CCCOCCOCCOC(COc1cccc(C(=O)NCCCC(C)C)c1)SSC(C)(C)C. The zero-order chi connectivity index (χ0) is 34.0. The summed E-state index contributed by atoms with van der Waals surface area (Å²) in [7, 11) is 3.36. The standard InChI is InChI=1S/C35H58N2O7S2/c1-28(2)12-9-17-37-34(39)30-14-8-15-31(26-30)44-27-33(45-46-35(5,6)7)43-25-24-42-23-22-41-20-11-16-32(38)36-18-21-40-19-10-13-29(3)4/h8,14-15,26,28-29,33H,9,11-12,16-25,27H2,1-7H3,(H,36,38)(H,37,39). The Balaban J connectivity index is 2.24. The average Bonchev–Trinajstić information content (AvgIpc) is 3.00. The molecule has 2 amide bonds. The van der Waals surface area contributed by atoms with Crippen molar-refractivity contribution in [1.82, 2.24) is 10.6 Å². The maximum Gasteiger partial charge on any atom is 0.251 e. The minimum absolute atomic E-state index is 0.0133. The topological polar surface area (TPSA) is 104 Å². The fraction of sp³-hybridized carbons (Fsp3) is 0.714. The van der Waals surface area contributed by atoms with Crippen molar-refractivity contribution in [3.63, 3.8) is 0 Å². The Morgan fingerprint density at radius 3 is 2.35 bits per heavy atom. The fourth-order valence-electron chi connectivity index (χ4n) is 3.62. The molecule has 1 aromatic carbocycles. The van der Waals surface area contributed by atoms with Gasteiger partial charge in [-0.25, -0.2) is 0 Å². The second-order valence-corrected chi connectivity index (χ2v) is 15.6. The van der Waals surface area contributed by atoms with Gasteiger partial charge in [-0.05, 0) is 43.4 Å². The summed E-state index contributed by atoms with van der Waals surface area (Å²) in [5.74, 6) is 7.46. The normalized spacial score (nSPS) is 12.1. The Morgan fingerprint density at radius 1 is 0.891 bits per heavy atom. The molecular formula is C35H58N2O7S2. The van der Waals surface area contributed by atoms with E-state index in [1.165, 1.54) is 0 Å². The minimum Gasteiger partial charge on any atom is -0.490 e. The molecule has 1 aromatic rings. The monoisotopic (exact) mass is 682 g/mol. The molecule has 2 N–H and O–H groups in total. The first-order valence-electron chi connectivity index (χ1n) is 16.4. The summed E-state index contributed by atoms with van der Waals surface area (Å²) >= 11 is 0. The molecule has 0 fully saturated rings. The number of hydrogen-bond acceptors (Lipinski definition) is 9. The third-order valence-electron chi connectivity index (χ3n) is 5.86. The Morgan fingerprint density at radius 2 is 1.63 bits per heavy atom. The molecule has 1 unspecified atom stereocenters. The molecule has 0 aliphatic carbocycles. The van der Waals surface area contributed by atoms with Crippen LogP contribution in [0.3, 0.4) is 0 Å². The van der Waals surface area contributed by atoms with Crippen molar-refractivity contribution >= 4 is 33.4 Å². The number of amides is 2. The first-order valence-corrected chi connectivity index (χ1v) is 18.6. The zero-order valence-electron chi connectivity index (χ0n) is 29.1. The van der Waals surface area contributed by atoms with Crippen LogP contribution in [0.4, 0.5) is 0 Å². The van der Waals surface area contributed by atoms with E-state index < -0.39 is 0 Å². The summed E-state index contributed by atoms with van der Waals surface area (Å²) in [6.07, 6.45) is 3.10.